The molecule has 0 aliphatic rings. The van der Waals surface area contributed by atoms with E-state index in [0.717, 1.165) is 0 Å². The minimum atomic E-state index is 0.495. The van der Waals surface area contributed by atoms with Crippen LogP contribution >= 0.6 is 0 Å². The Bertz CT molecular complexity index is 172. The zero-order valence-electron chi connectivity index (χ0n) is 5.91. The topological polar surface area (TPSA) is 3.24 Å². The van der Waals surface area contributed by atoms with Crippen LogP contribution in [0, 0.1) is 0 Å². The SMILES string of the molecule is CN(C)[b-]1ccccc1. The van der Waals surface area contributed by atoms with Gasteiger partial charge in [0, 0.05) is 0 Å². The second-order valence-electron chi connectivity index (χ2n) is 2.42. The van der Waals surface area contributed by atoms with Gasteiger partial charge in [-0.3, -0.25) is 0 Å². The second-order valence-corrected chi connectivity index (χ2v) is 2.42. The zero-order chi connectivity index (χ0) is 6.69. The van der Waals surface area contributed by atoms with E-state index in [2.05, 4.69) is 43.0 Å². The summed E-state index contributed by atoms with van der Waals surface area (Å²) in [6, 6.07) is 6.19. The Morgan fingerprint density at radius 2 is 1.56 bits per heavy atom. The molecular weight excluding hydrogens is 109 g/mol. The third-order valence-corrected chi connectivity index (χ3v) is 1.44. The number of rotatable bonds is 1. The summed E-state index contributed by atoms with van der Waals surface area (Å²) in [6.07, 6.45) is 0. The molecule has 0 radical (unpaired) electrons. The molecule has 1 rings (SSSR count). The lowest BCUT2D eigenvalue weighted by Gasteiger charge is -2.24. The first-order valence-corrected chi connectivity index (χ1v) is 3.15. The van der Waals surface area contributed by atoms with E-state index in [9.17, 15) is 0 Å². The Kier molecular flexibility index (Phi) is 1.88. The third kappa shape index (κ3) is 1.56. The lowest BCUT2D eigenvalue weighted by atomic mass is 9.78. The van der Waals surface area contributed by atoms with Crippen LogP contribution in [0.1, 0.15) is 0 Å². The average molecular weight is 120 g/mol. The Hall–Kier alpha value is -0.785. The molecule has 0 fully saturated rings. The smallest absolute Gasteiger partial charge is 0.0330 e. The number of hydrogen-bond acceptors (Lipinski definition) is 1. The molecule has 1 heterocycles. The molecule has 0 bridgehead atoms. The molecule has 0 aromatic carbocycles. The Labute approximate surface area is 56.4 Å². The minimum Gasteiger partial charge on any atom is -0.588 e. The second kappa shape index (κ2) is 2.67. The number of nitrogens with zero attached hydrogens (tertiary/aromatic N) is 1. The molecule has 1 nitrogen and oxygen atoms in total. The van der Waals surface area contributed by atoms with Crippen molar-refractivity contribution < 1.29 is 0 Å². The molecule has 2 heteroatoms. The molecule has 0 saturated heterocycles. The van der Waals surface area contributed by atoms with Crippen LogP contribution in [0.3, 0.4) is 0 Å². The highest BCUT2D eigenvalue weighted by molar-refractivity contribution is 6.53. The van der Waals surface area contributed by atoms with Gasteiger partial charge in [-0.05, 0) is 20.6 Å². The van der Waals surface area contributed by atoms with Crippen LogP contribution in [0.2, 0.25) is 0 Å². The highest BCUT2D eigenvalue weighted by atomic mass is 15.0. The summed E-state index contributed by atoms with van der Waals surface area (Å²) in [5.41, 5.74) is 0. The Balaban J connectivity index is 2.85. The minimum absolute atomic E-state index is 0.495. The zero-order valence-corrected chi connectivity index (χ0v) is 5.91. The van der Waals surface area contributed by atoms with Crippen molar-refractivity contribution in [1.29, 1.82) is 0 Å². The maximum Gasteiger partial charge on any atom is -0.0330 e. The van der Waals surface area contributed by atoms with E-state index in [1.165, 1.54) is 0 Å². The van der Waals surface area contributed by atoms with Gasteiger partial charge in [-0.2, -0.15) is 0 Å². The van der Waals surface area contributed by atoms with Crippen molar-refractivity contribution >= 4 is 6.48 Å². The van der Waals surface area contributed by atoms with Gasteiger partial charge in [0.05, 0.1) is 0 Å². The van der Waals surface area contributed by atoms with E-state index in [4.69, 9.17) is 0 Å². The standard InChI is InChI=1S/C7H11BN/c1-9(2)8-6-4-3-5-7-8/h3-7H,1-2H3/q-1. The van der Waals surface area contributed by atoms with Crippen molar-refractivity contribution in [1.82, 2.24) is 0 Å². The maximum atomic E-state index is 2.17. The van der Waals surface area contributed by atoms with Crippen molar-refractivity contribution in [2.75, 3.05) is 18.9 Å². The molecular formula is C7H11BN-. The fourth-order valence-electron chi connectivity index (χ4n) is 0.829. The molecule has 9 heavy (non-hydrogen) atoms. The van der Waals surface area contributed by atoms with Crippen molar-refractivity contribution in [3.8, 4) is 0 Å². The van der Waals surface area contributed by atoms with Gasteiger partial charge in [0.15, 0.2) is 0 Å². The highest BCUT2D eigenvalue weighted by Crippen LogP contribution is 1.84. The molecule has 0 spiro atoms. The first kappa shape index (κ1) is 6.34. The molecule has 0 aliphatic carbocycles. The third-order valence-electron chi connectivity index (χ3n) is 1.44. The average Bonchev–Trinajstić information content (AvgIpc) is 1.90. The van der Waals surface area contributed by atoms with Gasteiger partial charge in [0.1, 0.15) is 0 Å². The van der Waals surface area contributed by atoms with Crippen molar-refractivity contribution in [3.63, 3.8) is 0 Å². The molecule has 0 amide bonds. The summed E-state index contributed by atoms with van der Waals surface area (Å²) in [7, 11) is 4.15. The first-order chi connectivity index (χ1) is 4.30. The molecule has 48 valence electrons. The number of hydrogen-bond donors (Lipinski definition) is 0. The summed E-state index contributed by atoms with van der Waals surface area (Å²) >= 11 is 0. The van der Waals surface area contributed by atoms with Gasteiger partial charge < -0.3 is 4.81 Å². The van der Waals surface area contributed by atoms with E-state index in [0.29, 0.717) is 6.48 Å². The van der Waals surface area contributed by atoms with E-state index in [-0.39, 0.29) is 0 Å². The van der Waals surface area contributed by atoms with Crippen LogP contribution < -0.4 is 4.81 Å². The summed E-state index contributed by atoms with van der Waals surface area (Å²) in [4.78, 5) is 2.17. The van der Waals surface area contributed by atoms with E-state index < -0.39 is 0 Å². The molecule has 0 aliphatic heterocycles. The monoisotopic (exact) mass is 120 g/mol. The molecule has 1 aromatic heterocycles. The summed E-state index contributed by atoms with van der Waals surface area (Å²) in [5, 5.41) is 0. The van der Waals surface area contributed by atoms with Gasteiger partial charge in [-0.1, -0.05) is 6.07 Å². The van der Waals surface area contributed by atoms with Crippen LogP contribution in [0.5, 0.6) is 0 Å². The lowest BCUT2D eigenvalue weighted by Crippen LogP contribution is -2.25. The van der Waals surface area contributed by atoms with Gasteiger partial charge in [-0.15, -0.1) is 12.1 Å². The van der Waals surface area contributed by atoms with Gasteiger partial charge >= 0.3 is 0 Å². The van der Waals surface area contributed by atoms with Crippen molar-refractivity contribution in [3.05, 3.63) is 30.1 Å². The van der Waals surface area contributed by atoms with E-state index in [1.807, 2.05) is 6.07 Å². The fraction of sp³-hybridized carbons (Fsp3) is 0.286. The van der Waals surface area contributed by atoms with Gasteiger partial charge in [0.2, 0.25) is 0 Å². The molecule has 0 saturated carbocycles. The quantitative estimate of drug-likeness (QED) is 0.532. The fourth-order valence-corrected chi connectivity index (χ4v) is 0.829. The van der Waals surface area contributed by atoms with Gasteiger partial charge in [-0.25, -0.2) is 11.9 Å². The lowest BCUT2D eigenvalue weighted by molar-refractivity contribution is 1.23. The molecule has 0 atom stereocenters. The first-order valence-electron chi connectivity index (χ1n) is 3.15. The summed E-state index contributed by atoms with van der Waals surface area (Å²) in [5.74, 6) is 4.33. The van der Waals surface area contributed by atoms with Crippen LogP contribution in [-0.4, -0.2) is 20.6 Å². The Morgan fingerprint density at radius 3 is 1.89 bits per heavy atom. The van der Waals surface area contributed by atoms with Crippen molar-refractivity contribution in [2.24, 2.45) is 0 Å². The van der Waals surface area contributed by atoms with E-state index >= 15 is 0 Å². The predicted octanol–water partition coefficient (Wildman–Crippen LogP) is 0.910. The summed E-state index contributed by atoms with van der Waals surface area (Å²) in [6.45, 7) is 0.495. The van der Waals surface area contributed by atoms with Crippen LogP contribution in [0.4, 0.5) is 0 Å². The van der Waals surface area contributed by atoms with Gasteiger partial charge in [0.25, 0.3) is 0 Å². The highest BCUT2D eigenvalue weighted by Gasteiger charge is 1.75. The summed E-state index contributed by atoms with van der Waals surface area (Å²) < 4.78 is 0. The molecule has 1 aromatic rings. The predicted molar refractivity (Wildman–Crippen MR) is 42.5 cm³/mol. The normalized spacial score (nSPS) is 9.11. The Morgan fingerprint density at radius 1 is 1.00 bits per heavy atom. The van der Waals surface area contributed by atoms with E-state index in [1.54, 1.807) is 0 Å². The largest absolute Gasteiger partial charge is 0.588 e. The maximum absolute atomic E-state index is 2.17. The van der Waals surface area contributed by atoms with Crippen LogP contribution in [0.25, 0.3) is 0 Å². The van der Waals surface area contributed by atoms with Crippen LogP contribution in [0.15, 0.2) is 30.1 Å². The van der Waals surface area contributed by atoms with Crippen LogP contribution in [-0.2, 0) is 0 Å². The molecule has 0 unspecified atom stereocenters. The molecule has 0 N–H and O–H groups in total. The van der Waals surface area contributed by atoms with Crippen molar-refractivity contribution in [2.45, 2.75) is 0 Å².